The zero-order valence-electron chi connectivity index (χ0n) is 14.8. The van der Waals surface area contributed by atoms with Crippen molar-refractivity contribution in [3.63, 3.8) is 0 Å². The number of urea groups is 1. The van der Waals surface area contributed by atoms with E-state index >= 15 is 0 Å². The van der Waals surface area contributed by atoms with Gasteiger partial charge in [-0.1, -0.05) is 28.1 Å². The lowest BCUT2D eigenvalue weighted by atomic mass is 9.95. The molecular weight excluding hydrogens is 428 g/mol. The monoisotopic (exact) mass is 442 g/mol. The average molecular weight is 443 g/mol. The van der Waals surface area contributed by atoms with Crippen LogP contribution in [0.3, 0.4) is 0 Å². The molecule has 0 aliphatic carbocycles. The number of nitro groups is 1. The number of carbonyl (C=O) groups is 2. The van der Waals surface area contributed by atoms with Gasteiger partial charge in [0, 0.05) is 29.3 Å². The molecule has 9 heteroatoms. The van der Waals surface area contributed by atoms with Gasteiger partial charge in [0.05, 0.1) is 28.8 Å². The Hall–Kier alpha value is -3.20. The van der Waals surface area contributed by atoms with Crippen LogP contribution in [0.25, 0.3) is 0 Å². The van der Waals surface area contributed by atoms with Gasteiger partial charge in [-0.25, -0.2) is 4.79 Å². The molecule has 0 saturated heterocycles. The molecule has 2 aliphatic rings. The Morgan fingerprint density at radius 1 is 1.18 bits per heavy atom. The Kier molecular flexibility index (Phi) is 4.38. The molecule has 0 spiro atoms. The van der Waals surface area contributed by atoms with Gasteiger partial charge in [-0.2, -0.15) is 0 Å². The zero-order chi connectivity index (χ0) is 20.0. The number of hydrogen-bond acceptors (Lipinski definition) is 4. The van der Waals surface area contributed by atoms with E-state index < -0.39 is 11.0 Å². The van der Waals surface area contributed by atoms with Crippen molar-refractivity contribution >= 4 is 39.2 Å². The lowest BCUT2D eigenvalue weighted by Gasteiger charge is -2.30. The highest BCUT2D eigenvalue weighted by atomic mass is 79.9. The van der Waals surface area contributed by atoms with E-state index in [4.69, 9.17) is 0 Å². The molecule has 2 aromatic carbocycles. The maximum Gasteiger partial charge on any atom is 0.322 e. The summed E-state index contributed by atoms with van der Waals surface area (Å²) < 4.78 is 0.893. The molecule has 4 rings (SSSR count). The molecule has 8 nitrogen and oxygen atoms in total. The smallest absolute Gasteiger partial charge is 0.322 e. The third-order valence-corrected chi connectivity index (χ3v) is 5.44. The number of carbonyl (C=O) groups excluding carboxylic acids is 2. The van der Waals surface area contributed by atoms with Crippen molar-refractivity contribution in [3.05, 3.63) is 80.0 Å². The Bertz CT molecular complexity index is 1030. The summed E-state index contributed by atoms with van der Waals surface area (Å²) in [6, 6.07) is 12.2. The summed E-state index contributed by atoms with van der Waals surface area (Å²) in [6.45, 7) is 0.255. The van der Waals surface area contributed by atoms with Gasteiger partial charge in [-0.3, -0.25) is 19.8 Å². The number of nitrogens with zero attached hydrogens (tertiary/aromatic N) is 3. The van der Waals surface area contributed by atoms with Crippen molar-refractivity contribution in [1.29, 1.82) is 0 Å². The van der Waals surface area contributed by atoms with Crippen LogP contribution in [0.5, 0.6) is 0 Å². The summed E-state index contributed by atoms with van der Waals surface area (Å²) >= 11 is 3.37. The predicted octanol–water partition coefficient (Wildman–Crippen LogP) is 3.35. The van der Waals surface area contributed by atoms with Gasteiger partial charge in [0.25, 0.3) is 11.6 Å². The molecule has 2 aromatic rings. The standard InChI is InChI=1S/C19H15BrN4O4/c1-22-15-10-23(13-7-5-12(20)6-8-13)18(25)16(15)17(21-19(22)26)11-3-2-4-14(9-11)24(27)28/h2-9,17H,10H2,1H3,(H,21,26). The van der Waals surface area contributed by atoms with Crippen molar-refractivity contribution in [3.8, 4) is 0 Å². The van der Waals surface area contributed by atoms with E-state index in [2.05, 4.69) is 21.2 Å². The van der Waals surface area contributed by atoms with Crippen LogP contribution >= 0.6 is 15.9 Å². The first kappa shape index (κ1) is 18.2. The van der Waals surface area contributed by atoms with Crippen LogP contribution in [0, 0.1) is 10.1 Å². The molecule has 1 atom stereocenters. The van der Waals surface area contributed by atoms with Gasteiger partial charge in [-0.05, 0) is 29.8 Å². The molecule has 2 heterocycles. The molecule has 0 fully saturated rings. The second-order valence-corrected chi connectivity index (χ2v) is 7.44. The molecule has 28 heavy (non-hydrogen) atoms. The quantitative estimate of drug-likeness (QED) is 0.582. The molecule has 1 N–H and O–H groups in total. The first-order valence-electron chi connectivity index (χ1n) is 8.46. The van der Waals surface area contributed by atoms with Gasteiger partial charge < -0.3 is 10.2 Å². The first-order chi connectivity index (χ1) is 13.4. The minimum Gasteiger partial charge on any atom is -0.327 e. The summed E-state index contributed by atoms with van der Waals surface area (Å²) in [4.78, 5) is 39.3. The first-order valence-corrected chi connectivity index (χ1v) is 9.25. The fourth-order valence-electron chi connectivity index (χ4n) is 3.46. The molecule has 0 bridgehead atoms. The van der Waals surface area contributed by atoms with Gasteiger partial charge in [0.2, 0.25) is 0 Å². The van der Waals surface area contributed by atoms with Gasteiger partial charge in [-0.15, -0.1) is 0 Å². The summed E-state index contributed by atoms with van der Waals surface area (Å²) in [7, 11) is 1.60. The van der Waals surface area contributed by atoms with Crippen molar-refractivity contribution in [2.75, 3.05) is 18.5 Å². The Balaban J connectivity index is 1.76. The van der Waals surface area contributed by atoms with E-state index in [1.807, 2.05) is 24.3 Å². The Morgan fingerprint density at radius 2 is 1.89 bits per heavy atom. The second-order valence-electron chi connectivity index (χ2n) is 6.52. The number of non-ortho nitro benzene ring substituents is 1. The van der Waals surface area contributed by atoms with Crippen LogP contribution < -0.4 is 10.2 Å². The minimum atomic E-state index is -0.744. The normalized spacial score (nSPS) is 19.0. The number of likely N-dealkylation sites (N-methyl/N-ethyl adjacent to an activating group) is 1. The highest BCUT2D eigenvalue weighted by Gasteiger charge is 2.43. The van der Waals surface area contributed by atoms with Crippen molar-refractivity contribution in [1.82, 2.24) is 10.2 Å². The number of nitro benzene ring substituents is 1. The van der Waals surface area contributed by atoms with Gasteiger partial charge in [0.1, 0.15) is 0 Å². The molecule has 0 aromatic heterocycles. The lowest BCUT2D eigenvalue weighted by molar-refractivity contribution is -0.384. The van der Waals surface area contributed by atoms with E-state index in [0.29, 0.717) is 22.5 Å². The van der Waals surface area contributed by atoms with E-state index in [1.54, 1.807) is 24.1 Å². The molecule has 2 aliphatic heterocycles. The van der Waals surface area contributed by atoms with Crippen LogP contribution in [0.1, 0.15) is 11.6 Å². The summed E-state index contributed by atoms with van der Waals surface area (Å²) in [6.07, 6.45) is 0. The number of benzene rings is 2. The number of amides is 3. The fourth-order valence-corrected chi connectivity index (χ4v) is 3.73. The molecule has 0 radical (unpaired) electrons. The second kappa shape index (κ2) is 6.75. The summed E-state index contributed by atoms with van der Waals surface area (Å²) in [5.41, 5.74) is 2.12. The lowest BCUT2D eigenvalue weighted by Crippen LogP contribution is -2.45. The van der Waals surface area contributed by atoms with Gasteiger partial charge >= 0.3 is 6.03 Å². The molecule has 0 saturated carbocycles. The number of hydrogen-bond donors (Lipinski definition) is 1. The zero-order valence-corrected chi connectivity index (χ0v) is 16.3. The molecule has 1 unspecified atom stereocenters. The minimum absolute atomic E-state index is 0.0944. The molecule has 142 valence electrons. The third-order valence-electron chi connectivity index (χ3n) is 4.91. The van der Waals surface area contributed by atoms with Crippen LogP contribution in [-0.2, 0) is 4.79 Å². The van der Waals surface area contributed by atoms with E-state index in [9.17, 15) is 19.7 Å². The van der Waals surface area contributed by atoms with E-state index in [1.165, 1.54) is 17.0 Å². The van der Waals surface area contributed by atoms with Crippen molar-refractivity contribution in [2.45, 2.75) is 6.04 Å². The number of halogens is 1. The number of rotatable bonds is 3. The maximum atomic E-state index is 13.2. The third kappa shape index (κ3) is 2.93. The number of anilines is 1. The highest BCUT2D eigenvalue weighted by molar-refractivity contribution is 9.10. The Morgan fingerprint density at radius 3 is 2.57 bits per heavy atom. The maximum absolute atomic E-state index is 13.2. The van der Waals surface area contributed by atoms with Crippen molar-refractivity contribution in [2.24, 2.45) is 0 Å². The average Bonchev–Trinajstić information content (AvgIpc) is 3.03. The van der Waals surface area contributed by atoms with E-state index in [-0.39, 0.29) is 24.2 Å². The summed E-state index contributed by atoms with van der Waals surface area (Å²) in [5, 5.41) is 13.9. The highest BCUT2D eigenvalue weighted by Crippen LogP contribution is 2.38. The van der Waals surface area contributed by atoms with E-state index in [0.717, 1.165) is 4.47 Å². The Labute approximate surface area is 168 Å². The van der Waals surface area contributed by atoms with Crippen LogP contribution in [0.2, 0.25) is 0 Å². The number of nitrogens with one attached hydrogen (secondary N) is 1. The molecular formula is C19H15BrN4O4. The summed E-state index contributed by atoms with van der Waals surface area (Å²) in [5.74, 6) is -0.235. The van der Waals surface area contributed by atoms with Crippen LogP contribution in [0.4, 0.5) is 16.2 Å². The van der Waals surface area contributed by atoms with Crippen LogP contribution in [-0.4, -0.2) is 35.4 Å². The largest absolute Gasteiger partial charge is 0.327 e. The molecule has 3 amide bonds. The van der Waals surface area contributed by atoms with Crippen LogP contribution in [0.15, 0.2) is 64.3 Å². The topological polar surface area (TPSA) is 95.8 Å². The van der Waals surface area contributed by atoms with Gasteiger partial charge in [0.15, 0.2) is 0 Å². The fraction of sp³-hybridized carbons (Fsp3) is 0.158. The van der Waals surface area contributed by atoms with Crippen molar-refractivity contribution < 1.29 is 14.5 Å². The SMILES string of the molecule is CN1C(=O)NC(c2cccc([N+](=O)[O-])c2)C2=C1CN(c1ccc(Br)cc1)C2=O. The predicted molar refractivity (Wildman–Crippen MR) is 106 cm³/mol.